The maximum atomic E-state index is 2.60. The number of hydrogen-bond acceptors (Lipinski definition) is 0. The predicted molar refractivity (Wildman–Crippen MR) is 328 cm³/mol. The Hall–Kier alpha value is -9.88. The molecular weight excluding hydrogens is 925 g/mol. The van der Waals surface area contributed by atoms with Gasteiger partial charge in [-0.2, -0.15) is 0 Å². The Balaban J connectivity index is 1.02. The molecule has 0 saturated heterocycles. The Labute approximate surface area is 447 Å². The fourth-order valence-electron chi connectivity index (χ4n) is 14.0. The SMILES string of the molecule is c1ccc(C2(c3ccccc3)c3cc(-c4c5ccccc5c(-c5cccc6ccccc56)c5ccccc45)ccc3-c3c2cc(-c2c4ccccc4c(-c4cccc5ccccc45)c4ccccc24)c2ccccc32)cc1. The van der Waals surface area contributed by atoms with Crippen LogP contribution in [-0.4, -0.2) is 0 Å². The molecule has 1 aliphatic rings. The Kier molecular flexibility index (Phi) is 9.65. The maximum Gasteiger partial charge on any atom is 0.0714 e. The van der Waals surface area contributed by atoms with Crippen molar-refractivity contribution in [3.8, 4) is 55.6 Å². The van der Waals surface area contributed by atoms with Crippen LogP contribution in [0.4, 0.5) is 0 Å². The average molecular weight is 973 g/mol. The molecule has 0 amide bonds. The van der Waals surface area contributed by atoms with Gasteiger partial charge in [-0.25, -0.2) is 0 Å². The zero-order valence-corrected chi connectivity index (χ0v) is 42.2. The van der Waals surface area contributed by atoms with Gasteiger partial charge in [-0.05, 0) is 165 Å². The quantitative estimate of drug-likeness (QED) is 0.146. The molecule has 16 rings (SSSR count). The van der Waals surface area contributed by atoms with E-state index in [9.17, 15) is 0 Å². The van der Waals surface area contributed by atoms with Crippen molar-refractivity contribution in [3.05, 3.63) is 313 Å². The van der Waals surface area contributed by atoms with E-state index in [0.717, 1.165) is 0 Å². The molecule has 0 spiro atoms. The van der Waals surface area contributed by atoms with E-state index in [1.165, 1.54) is 153 Å². The van der Waals surface area contributed by atoms with Crippen LogP contribution in [0.5, 0.6) is 0 Å². The minimum atomic E-state index is -0.690. The molecule has 1 aliphatic carbocycles. The van der Waals surface area contributed by atoms with Crippen LogP contribution in [0.2, 0.25) is 0 Å². The highest BCUT2D eigenvalue weighted by atomic mass is 14.5. The van der Waals surface area contributed by atoms with Crippen molar-refractivity contribution in [3.63, 3.8) is 0 Å². The first kappa shape index (κ1) is 43.5. The molecule has 15 aromatic rings. The lowest BCUT2D eigenvalue weighted by molar-refractivity contribution is 0.769. The van der Waals surface area contributed by atoms with Crippen LogP contribution < -0.4 is 0 Å². The third-order valence-electron chi connectivity index (χ3n) is 17.1. The smallest absolute Gasteiger partial charge is 0.0622 e. The van der Waals surface area contributed by atoms with Crippen molar-refractivity contribution in [2.75, 3.05) is 0 Å². The van der Waals surface area contributed by atoms with Gasteiger partial charge in [0.05, 0.1) is 5.41 Å². The van der Waals surface area contributed by atoms with Crippen molar-refractivity contribution in [2.45, 2.75) is 5.41 Å². The van der Waals surface area contributed by atoms with Gasteiger partial charge in [0.15, 0.2) is 0 Å². The highest BCUT2D eigenvalue weighted by molar-refractivity contribution is 6.27. The van der Waals surface area contributed by atoms with Crippen LogP contribution in [0.1, 0.15) is 22.3 Å². The molecule has 0 unspecified atom stereocenters. The van der Waals surface area contributed by atoms with Gasteiger partial charge in [-0.15, -0.1) is 0 Å². The highest BCUT2D eigenvalue weighted by Crippen LogP contribution is 2.61. The zero-order chi connectivity index (χ0) is 50.6. The summed E-state index contributed by atoms with van der Waals surface area (Å²) in [6.45, 7) is 0. The molecule has 0 saturated carbocycles. The standard InChI is InChI=1S/C77H48/c1-3-27-52(28-4-1)77(53-29-5-2-6-30-53)70-47-51(72-60-35-13-15-37-62(60)73(63-38-16-14-36-61(63)72)57-43-21-25-49-23-7-9-31-54(49)57)45-46-68(70)76-59-34-12-11-33-56(59)69(48-71(76)77)75-66-41-19-17-39-64(66)74(65-40-18-20-42-67(65)75)58-44-22-26-50-24-8-10-32-55(50)58/h1-48H. The number of rotatable bonds is 6. The molecule has 0 aliphatic heterocycles. The summed E-state index contributed by atoms with van der Waals surface area (Å²) in [6.07, 6.45) is 0. The van der Waals surface area contributed by atoms with E-state index in [0.29, 0.717) is 0 Å². The van der Waals surface area contributed by atoms with Crippen LogP contribution in [0.15, 0.2) is 291 Å². The molecule has 77 heavy (non-hydrogen) atoms. The lowest BCUT2D eigenvalue weighted by Gasteiger charge is -2.34. The average Bonchev–Trinajstić information content (AvgIpc) is 4.00. The number of fused-ring (bicyclic) bond motifs is 11. The van der Waals surface area contributed by atoms with E-state index < -0.39 is 5.41 Å². The summed E-state index contributed by atoms with van der Waals surface area (Å²) in [5.41, 5.74) is 16.9. The first-order valence-electron chi connectivity index (χ1n) is 26.9. The third kappa shape index (κ3) is 6.28. The number of hydrogen-bond donors (Lipinski definition) is 0. The minimum absolute atomic E-state index is 0.690. The second kappa shape index (κ2) is 17.1. The fourth-order valence-corrected chi connectivity index (χ4v) is 14.0. The summed E-state index contributed by atoms with van der Waals surface area (Å²) >= 11 is 0. The first-order valence-corrected chi connectivity index (χ1v) is 26.9. The fraction of sp³-hybridized carbons (Fsp3) is 0.0130. The summed E-state index contributed by atoms with van der Waals surface area (Å²) in [4.78, 5) is 0. The molecule has 356 valence electrons. The Bertz CT molecular complexity index is 4740. The Morgan fingerprint density at radius 1 is 0.182 bits per heavy atom. The Morgan fingerprint density at radius 3 is 0.961 bits per heavy atom. The van der Waals surface area contributed by atoms with Crippen molar-refractivity contribution in [1.82, 2.24) is 0 Å². The molecule has 0 bridgehead atoms. The van der Waals surface area contributed by atoms with Crippen LogP contribution in [0, 0.1) is 0 Å². The van der Waals surface area contributed by atoms with Crippen molar-refractivity contribution in [2.24, 2.45) is 0 Å². The summed E-state index contributed by atoms with van der Waals surface area (Å²) in [5, 5.41) is 17.5. The summed E-state index contributed by atoms with van der Waals surface area (Å²) in [7, 11) is 0. The third-order valence-corrected chi connectivity index (χ3v) is 17.1. The Morgan fingerprint density at radius 2 is 0.519 bits per heavy atom. The van der Waals surface area contributed by atoms with Crippen LogP contribution in [0.3, 0.4) is 0 Å². The zero-order valence-electron chi connectivity index (χ0n) is 42.2. The van der Waals surface area contributed by atoms with E-state index in [1.54, 1.807) is 0 Å². The molecule has 0 heteroatoms. The molecule has 0 atom stereocenters. The van der Waals surface area contributed by atoms with Crippen molar-refractivity contribution < 1.29 is 0 Å². The highest BCUT2D eigenvalue weighted by Gasteiger charge is 2.47. The van der Waals surface area contributed by atoms with E-state index >= 15 is 0 Å². The van der Waals surface area contributed by atoms with Crippen molar-refractivity contribution in [1.29, 1.82) is 0 Å². The number of benzene rings is 15. The van der Waals surface area contributed by atoms with E-state index in [1.807, 2.05) is 0 Å². The molecule has 0 aromatic heterocycles. The molecule has 0 fully saturated rings. The topological polar surface area (TPSA) is 0 Å². The van der Waals surface area contributed by atoms with Gasteiger partial charge in [-0.1, -0.05) is 279 Å². The monoisotopic (exact) mass is 972 g/mol. The summed E-state index contributed by atoms with van der Waals surface area (Å²) in [6, 6.07) is 109. The second-order valence-electron chi connectivity index (χ2n) is 20.9. The van der Waals surface area contributed by atoms with Crippen LogP contribution in [-0.2, 0) is 5.41 Å². The van der Waals surface area contributed by atoms with Gasteiger partial charge in [0.25, 0.3) is 0 Å². The maximum absolute atomic E-state index is 2.60. The van der Waals surface area contributed by atoms with Gasteiger partial charge in [-0.3, -0.25) is 0 Å². The lowest BCUT2D eigenvalue weighted by Crippen LogP contribution is -2.28. The lowest BCUT2D eigenvalue weighted by atomic mass is 9.66. The molecule has 0 nitrogen and oxygen atoms in total. The van der Waals surface area contributed by atoms with E-state index in [-0.39, 0.29) is 0 Å². The van der Waals surface area contributed by atoms with Crippen LogP contribution >= 0.6 is 0 Å². The summed E-state index contributed by atoms with van der Waals surface area (Å²) < 4.78 is 0. The molecular formula is C77H48. The molecule has 0 N–H and O–H groups in total. The largest absolute Gasteiger partial charge is 0.0714 e. The van der Waals surface area contributed by atoms with E-state index in [2.05, 4.69) is 291 Å². The minimum Gasteiger partial charge on any atom is -0.0622 e. The summed E-state index contributed by atoms with van der Waals surface area (Å²) in [5.74, 6) is 0. The van der Waals surface area contributed by atoms with Gasteiger partial charge >= 0.3 is 0 Å². The van der Waals surface area contributed by atoms with Gasteiger partial charge in [0.2, 0.25) is 0 Å². The van der Waals surface area contributed by atoms with Crippen LogP contribution in [0.25, 0.3) is 131 Å². The van der Waals surface area contributed by atoms with Gasteiger partial charge < -0.3 is 0 Å². The second-order valence-corrected chi connectivity index (χ2v) is 20.9. The normalized spacial score (nSPS) is 12.8. The van der Waals surface area contributed by atoms with Gasteiger partial charge in [0, 0.05) is 0 Å². The predicted octanol–water partition coefficient (Wildman–Crippen LogP) is 20.8. The van der Waals surface area contributed by atoms with Crippen molar-refractivity contribution >= 4 is 75.4 Å². The van der Waals surface area contributed by atoms with Gasteiger partial charge in [0.1, 0.15) is 0 Å². The molecule has 0 heterocycles. The molecule has 15 aromatic carbocycles. The van der Waals surface area contributed by atoms with E-state index in [4.69, 9.17) is 0 Å². The first-order chi connectivity index (χ1) is 38.3. The molecule has 0 radical (unpaired) electrons.